The predicted molar refractivity (Wildman–Crippen MR) is 63.8 cm³/mol. The van der Waals surface area contributed by atoms with Gasteiger partial charge in [-0.3, -0.25) is 0 Å². The molecular formula is C13H18O4. The van der Waals surface area contributed by atoms with Gasteiger partial charge in [0, 0.05) is 0 Å². The fourth-order valence-electron chi connectivity index (χ4n) is 1.59. The highest BCUT2D eigenvalue weighted by Crippen LogP contribution is 2.28. The van der Waals surface area contributed by atoms with Gasteiger partial charge >= 0.3 is 0 Å². The van der Waals surface area contributed by atoms with Crippen molar-refractivity contribution in [1.29, 1.82) is 0 Å². The van der Waals surface area contributed by atoms with Gasteiger partial charge in [-0.1, -0.05) is 6.07 Å². The second-order valence-corrected chi connectivity index (χ2v) is 3.87. The SMILES string of the molecule is Cc1ccc2c(c1)OCCOCCOCCO2. The minimum absolute atomic E-state index is 0.527. The molecule has 94 valence electrons. The largest absolute Gasteiger partial charge is 0.487 e. The Bertz CT molecular complexity index is 351. The van der Waals surface area contributed by atoms with E-state index in [2.05, 4.69) is 0 Å². The van der Waals surface area contributed by atoms with E-state index >= 15 is 0 Å². The van der Waals surface area contributed by atoms with Crippen molar-refractivity contribution in [2.45, 2.75) is 6.92 Å². The van der Waals surface area contributed by atoms with Crippen LogP contribution in [0.15, 0.2) is 18.2 Å². The molecule has 17 heavy (non-hydrogen) atoms. The molecule has 0 spiro atoms. The van der Waals surface area contributed by atoms with Crippen molar-refractivity contribution in [1.82, 2.24) is 0 Å². The van der Waals surface area contributed by atoms with E-state index in [4.69, 9.17) is 18.9 Å². The summed E-state index contributed by atoms with van der Waals surface area (Å²) in [6.45, 7) is 5.42. The van der Waals surface area contributed by atoms with Gasteiger partial charge < -0.3 is 18.9 Å². The van der Waals surface area contributed by atoms with E-state index in [0.29, 0.717) is 39.6 Å². The molecule has 0 atom stereocenters. The zero-order valence-electron chi connectivity index (χ0n) is 10.1. The van der Waals surface area contributed by atoms with Gasteiger partial charge in [-0.2, -0.15) is 0 Å². The fraction of sp³-hybridized carbons (Fsp3) is 0.538. The lowest BCUT2D eigenvalue weighted by molar-refractivity contribution is 0.0223. The molecule has 0 saturated heterocycles. The number of hydrogen-bond acceptors (Lipinski definition) is 4. The van der Waals surface area contributed by atoms with Gasteiger partial charge in [0.05, 0.1) is 26.4 Å². The molecule has 0 unspecified atom stereocenters. The lowest BCUT2D eigenvalue weighted by atomic mass is 10.2. The summed E-state index contributed by atoms with van der Waals surface area (Å²) < 4.78 is 22.0. The Morgan fingerprint density at radius 1 is 0.765 bits per heavy atom. The molecular weight excluding hydrogens is 220 g/mol. The summed E-state index contributed by atoms with van der Waals surface area (Å²) in [5.41, 5.74) is 1.15. The lowest BCUT2D eigenvalue weighted by Gasteiger charge is -2.15. The molecule has 0 aromatic heterocycles. The van der Waals surface area contributed by atoms with Crippen LogP contribution in [-0.2, 0) is 9.47 Å². The van der Waals surface area contributed by atoms with Crippen LogP contribution in [0.5, 0.6) is 11.5 Å². The topological polar surface area (TPSA) is 36.9 Å². The standard InChI is InChI=1S/C13H18O4/c1-11-2-3-12-13(10-11)17-9-7-15-5-4-14-6-8-16-12/h2-3,10H,4-9H2,1H3. The van der Waals surface area contributed by atoms with Crippen LogP contribution in [0.1, 0.15) is 5.56 Å². The molecule has 1 aromatic carbocycles. The number of ether oxygens (including phenoxy) is 4. The molecule has 2 rings (SSSR count). The first-order valence-electron chi connectivity index (χ1n) is 5.88. The first kappa shape index (κ1) is 12.2. The highest BCUT2D eigenvalue weighted by atomic mass is 16.6. The number of aryl methyl sites for hydroxylation is 1. The molecule has 0 radical (unpaired) electrons. The molecule has 0 aliphatic carbocycles. The third-order valence-corrected chi connectivity index (χ3v) is 2.44. The summed E-state index contributed by atoms with van der Waals surface area (Å²) in [5.74, 6) is 1.54. The van der Waals surface area contributed by atoms with E-state index in [0.717, 1.165) is 17.1 Å². The monoisotopic (exact) mass is 238 g/mol. The Labute approximate surface area is 101 Å². The van der Waals surface area contributed by atoms with Gasteiger partial charge in [-0.05, 0) is 24.6 Å². The van der Waals surface area contributed by atoms with Crippen molar-refractivity contribution in [2.24, 2.45) is 0 Å². The molecule has 0 amide bonds. The molecule has 1 aliphatic heterocycles. The minimum atomic E-state index is 0.527. The molecule has 0 bridgehead atoms. The molecule has 0 fully saturated rings. The van der Waals surface area contributed by atoms with Crippen LogP contribution >= 0.6 is 0 Å². The van der Waals surface area contributed by atoms with Crippen molar-refractivity contribution in [3.05, 3.63) is 23.8 Å². The highest BCUT2D eigenvalue weighted by molar-refractivity contribution is 5.42. The fourth-order valence-corrected chi connectivity index (χ4v) is 1.59. The van der Waals surface area contributed by atoms with Crippen molar-refractivity contribution in [3.63, 3.8) is 0 Å². The quantitative estimate of drug-likeness (QED) is 0.690. The summed E-state index contributed by atoms with van der Waals surface area (Å²) in [7, 11) is 0. The Kier molecular flexibility index (Phi) is 4.64. The van der Waals surface area contributed by atoms with Gasteiger partial charge in [-0.15, -0.1) is 0 Å². The van der Waals surface area contributed by atoms with Gasteiger partial charge in [0.25, 0.3) is 0 Å². The number of hydrogen-bond donors (Lipinski definition) is 0. The number of fused-ring (bicyclic) bond motifs is 1. The van der Waals surface area contributed by atoms with Crippen molar-refractivity contribution in [2.75, 3.05) is 39.6 Å². The third-order valence-electron chi connectivity index (χ3n) is 2.44. The van der Waals surface area contributed by atoms with Crippen LogP contribution in [0.4, 0.5) is 0 Å². The highest BCUT2D eigenvalue weighted by Gasteiger charge is 2.06. The van der Waals surface area contributed by atoms with E-state index in [1.54, 1.807) is 0 Å². The Hall–Kier alpha value is -1.26. The lowest BCUT2D eigenvalue weighted by Crippen LogP contribution is -2.15. The van der Waals surface area contributed by atoms with Gasteiger partial charge in [0.15, 0.2) is 11.5 Å². The molecule has 4 nitrogen and oxygen atoms in total. The van der Waals surface area contributed by atoms with Crippen LogP contribution in [0.3, 0.4) is 0 Å². The van der Waals surface area contributed by atoms with E-state index < -0.39 is 0 Å². The summed E-state index contributed by atoms with van der Waals surface area (Å²) in [6.07, 6.45) is 0. The third kappa shape index (κ3) is 3.91. The van der Waals surface area contributed by atoms with E-state index in [1.807, 2.05) is 25.1 Å². The summed E-state index contributed by atoms with van der Waals surface area (Å²) in [6, 6.07) is 5.91. The van der Waals surface area contributed by atoms with Crippen LogP contribution < -0.4 is 9.47 Å². The molecule has 1 aliphatic rings. The van der Waals surface area contributed by atoms with Crippen LogP contribution in [-0.4, -0.2) is 39.6 Å². The molecule has 0 saturated carbocycles. The first-order valence-corrected chi connectivity index (χ1v) is 5.88. The zero-order valence-corrected chi connectivity index (χ0v) is 10.1. The van der Waals surface area contributed by atoms with Crippen molar-refractivity contribution in [3.8, 4) is 11.5 Å². The number of benzene rings is 1. The van der Waals surface area contributed by atoms with Crippen LogP contribution in [0.2, 0.25) is 0 Å². The van der Waals surface area contributed by atoms with E-state index in [1.165, 1.54) is 0 Å². The average molecular weight is 238 g/mol. The summed E-state index contributed by atoms with van der Waals surface area (Å²) in [4.78, 5) is 0. The smallest absolute Gasteiger partial charge is 0.161 e. The second kappa shape index (κ2) is 6.47. The second-order valence-electron chi connectivity index (χ2n) is 3.87. The number of rotatable bonds is 0. The van der Waals surface area contributed by atoms with Gasteiger partial charge in [0.2, 0.25) is 0 Å². The maximum absolute atomic E-state index is 5.65. The van der Waals surface area contributed by atoms with Crippen LogP contribution in [0.25, 0.3) is 0 Å². The van der Waals surface area contributed by atoms with E-state index in [-0.39, 0.29) is 0 Å². The zero-order chi connectivity index (χ0) is 11.9. The van der Waals surface area contributed by atoms with E-state index in [9.17, 15) is 0 Å². The summed E-state index contributed by atoms with van der Waals surface area (Å²) >= 11 is 0. The minimum Gasteiger partial charge on any atom is -0.487 e. The first-order chi connectivity index (χ1) is 8.36. The van der Waals surface area contributed by atoms with Crippen molar-refractivity contribution < 1.29 is 18.9 Å². The molecule has 0 N–H and O–H groups in total. The maximum Gasteiger partial charge on any atom is 0.161 e. The molecule has 1 heterocycles. The molecule has 1 aromatic rings. The Balaban J connectivity index is 2.05. The summed E-state index contributed by atoms with van der Waals surface area (Å²) in [5, 5.41) is 0. The Morgan fingerprint density at radius 3 is 2.06 bits per heavy atom. The van der Waals surface area contributed by atoms with Gasteiger partial charge in [-0.25, -0.2) is 0 Å². The molecule has 4 heteroatoms. The predicted octanol–water partition coefficient (Wildman–Crippen LogP) is 1.80. The Morgan fingerprint density at radius 2 is 1.35 bits per heavy atom. The van der Waals surface area contributed by atoms with Crippen molar-refractivity contribution >= 4 is 0 Å². The normalized spacial score (nSPS) is 17.9. The van der Waals surface area contributed by atoms with Gasteiger partial charge in [0.1, 0.15) is 13.2 Å². The van der Waals surface area contributed by atoms with Crippen LogP contribution in [0, 0.1) is 6.92 Å². The maximum atomic E-state index is 5.65. The average Bonchev–Trinajstić information content (AvgIpc) is 2.31.